The van der Waals surface area contributed by atoms with E-state index in [0.29, 0.717) is 0 Å². The van der Waals surface area contributed by atoms with E-state index in [1.165, 1.54) is 19.3 Å². The van der Waals surface area contributed by atoms with E-state index in [2.05, 4.69) is 52.8 Å². The van der Waals surface area contributed by atoms with Crippen LogP contribution in [0.5, 0.6) is 0 Å². The Morgan fingerprint density at radius 2 is 2.00 bits per heavy atom. The molecule has 23 heavy (non-hydrogen) atoms. The summed E-state index contributed by atoms with van der Waals surface area (Å²) in [5, 5.41) is 11.6. The van der Waals surface area contributed by atoms with Crippen molar-refractivity contribution >= 4 is 29.9 Å². The lowest BCUT2D eigenvalue weighted by atomic mass is 10.3. The van der Waals surface area contributed by atoms with Crippen LogP contribution in [0.3, 0.4) is 0 Å². The predicted molar refractivity (Wildman–Crippen MR) is 108 cm³/mol. The molecule has 1 N–H and O–H groups in total. The van der Waals surface area contributed by atoms with Crippen LogP contribution in [-0.4, -0.2) is 52.3 Å². The molecule has 134 valence electrons. The highest BCUT2D eigenvalue weighted by molar-refractivity contribution is 14.0. The first kappa shape index (κ1) is 22.1. The molecule has 0 aromatic carbocycles. The highest BCUT2D eigenvalue weighted by Crippen LogP contribution is 1.97. The Balaban J connectivity index is 0.00000484. The maximum Gasteiger partial charge on any atom is 0.193 e. The molecule has 0 unspecified atom stereocenters. The molecule has 0 amide bonds. The lowest BCUT2D eigenvalue weighted by Gasteiger charge is -2.22. The molecule has 0 fully saturated rings. The van der Waals surface area contributed by atoms with Gasteiger partial charge in [0.2, 0.25) is 0 Å². The van der Waals surface area contributed by atoms with Gasteiger partial charge < -0.3 is 14.8 Å². The Morgan fingerprint density at radius 1 is 1.26 bits per heavy atom. The van der Waals surface area contributed by atoms with Gasteiger partial charge >= 0.3 is 0 Å². The molecule has 0 radical (unpaired) electrons. The Labute approximate surface area is 158 Å². The molecule has 0 saturated carbocycles. The summed E-state index contributed by atoms with van der Waals surface area (Å²) in [5.74, 6) is 2.04. The Morgan fingerprint density at radius 3 is 2.65 bits per heavy atom. The lowest BCUT2D eigenvalue weighted by molar-refractivity contribution is 0.459. The van der Waals surface area contributed by atoms with E-state index in [0.717, 1.165) is 50.8 Å². The molecular formula is C16H33IN6. The Hall–Kier alpha value is -0.860. The van der Waals surface area contributed by atoms with Gasteiger partial charge in [-0.25, -0.2) is 0 Å². The van der Waals surface area contributed by atoms with Gasteiger partial charge in [-0.15, -0.1) is 34.2 Å². The van der Waals surface area contributed by atoms with Crippen molar-refractivity contribution in [3.05, 3.63) is 12.2 Å². The second-order valence-corrected chi connectivity index (χ2v) is 5.55. The minimum Gasteiger partial charge on any atom is -0.354 e. The van der Waals surface area contributed by atoms with Crippen LogP contribution in [0.2, 0.25) is 0 Å². The maximum atomic E-state index is 4.72. The van der Waals surface area contributed by atoms with Crippen LogP contribution in [-0.2, 0) is 13.0 Å². The summed E-state index contributed by atoms with van der Waals surface area (Å²) in [7, 11) is 2.11. The van der Waals surface area contributed by atoms with E-state index in [9.17, 15) is 0 Å². The standard InChI is InChI=1S/C16H32N6.HI/c1-5-8-10-17-16(21(4)12-9-6-2)18-11-13-22-14-19-20-15(22)7-3;/h14H,5-13H2,1-4H3,(H,17,18);1H. The van der Waals surface area contributed by atoms with Gasteiger partial charge in [-0.1, -0.05) is 33.6 Å². The lowest BCUT2D eigenvalue weighted by Crippen LogP contribution is -2.41. The molecule has 0 aliphatic carbocycles. The molecule has 1 aromatic rings. The Bertz CT molecular complexity index is 432. The van der Waals surface area contributed by atoms with Crippen molar-refractivity contribution in [1.29, 1.82) is 0 Å². The second kappa shape index (κ2) is 13.6. The largest absolute Gasteiger partial charge is 0.354 e. The van der Waals surface area contributed by atoms with E-state index in [1.54, 1.807) is 6.33 Å². The molecule has 0 aliphatic rings. The molecule has 6 nitrogen and oxygen atoms in total. The van der Waals surface area contributed by atoms with Gasteiger partial charge in [-0.05, 0) is 12.8 Å². The highest BCUT2D eigenvalue weighted by atomic mass is 127. The minimum atomic E-state index is 0. The van der Waals surface area contributed by atoms with Crippen LogP contribution in [0.1, 0.15) is 52.3 Å². The van der Waals surface area contributed by atoms with Gasteiger partial charge in [0.05, 0.1) is 0 Å². The van der Waals surface area contributed by atoms with Crippen molar-refractivity contribution in [3.8, 4) is 0 Å². The van der Waals surface area contributed by atoms with Gasteiger partial charge in [-0.3, -0.25) is 4.99 Å². The quantitative estimate of drug-likeness (QED) is 0.265. The van der Waals surface area contributed by atoms with E-state index in [-0.39, 0.29) is 24.0 Å². The number of aliphatic imine (C=N–C) groups is 1. The van der Waals surface area contributed by atoms with Crippen LogP contribution >= 0.6 is 24.0 Å². The predicted octanol–water partition coefficient (Wildman–Crippen LogP) is 2.94. The first-order chi connectivity index (χ1) is 10.7. The number of hydrogen-bond acceptors (Lipinski definition) is 3. The van der Waals surface area contributed by atoms with Crippen molar-refractivity contribution in [3.63, 3.8) is 0 Å². The summed E-state index contributed by atoms with van der Waals surface area (Å²) in [6.45, 7) is 10.2. The number of rotatable bonds is 10. The van der Waals surface area contributed by atoms with Crippen LogP contribution in [0, 0.1) is 0 Å². The number of nitrogens with zero attached hydrogens (tertiary/aromatic N) is 5. The van der Waals surface area contributed by atoms with Crippen molar-refractivity contribution in [1.82, 2.24) is 25.0 Å². The molecule has 7 heteroatoms. The maximum absolute atomic E-state index is 4.72. The number of halogens is 1. The minimum absolute atomic E-state index is 0. The third-order valence-electron chi connectivity index (χ3n) is 3.63. The summed E-state index contributed by atoms with van der Waals surface area (Å²) >= 11 is 0. The molecule has 0 atom stereocenters. The zero-order valence-electron chi connectivity index (χ0n) is 15.1. The van der Waals surface area contributed by atoms with Crippen molar-refractivity contribution in [2.75, 3.05) is 26.7 Å². The van der Waals surface area contributed by atoms with Gasteiger partial charge in [0.15, 0.2) is 5.96 Å². The topological polar surface area (TPSA) is 58.3 Å². The molecule has 0 aliphatic heterocycles. The molecule has 1 heterocycles. The smallest absolute Gasteiger partial charge is 0.193 e. The van der Waals surface area contributed by atoms with Gasteiger partial charge in [0.1, 0.15) is 12.2 Å². The van der Waals surface area contributed by atoms with Crippen molar-refractivity contribution < 1.29 is 0 Å². The first-order valence-electron chi connectivity index (χ1n) is 8.59. The Kier molecular flexibility index (Phi) is 13.1. The average molecular weight is 436 g/mol. The number of aryl methyl sites for hydroxylation is 1. The fourth-order valence-electron chi connectivity index (χ4n) is 2.18. The summed E-state index contributed by atoms with van der Waals surface area (Å²) in [6, 6.07) is 0. The molecule has 0 bridgehead atoms. The second-order valence-electron chi connectivity index (χ2n) is 5.55. The van der Waals surface area contributed by atoms with E-state index in [1.807, 2.05) is 0 Å². The number of unbranched alkanes of at least 4 members (excludes halogenated alkanes) is 2. The summed E-state index contributed by atoms with van der Waals surface area (Å²) < 4.78 is 2.10. The summed E-state index contributed by atoms with van der Waals surface area (Å²) in [5.41, 5.74) is 0. The SMILES string of the molecule is CCCCN=C(NCCn1cnnc1CC)N(C)CCCC.I. The number of aromatic nitrogens is 3. The molecule has 1 rings (SSSR count). The van der Waals surface area contributed by atoms with E-state index >= 15 is 0 Å². The van der Waals surface area contributed by atoms with Gasteiger partial charge in [-0.2, -0.15) is 0 Å². The summed E-state index contributed by atoms with van der Waals surface area (Å²) in [6.07, 6.45) is 7.42. The molecular weight excluding hydrogens is 403 g/mol. The van der Waals surface area contributed by atoms with Crippen LogP contribution < -0.4 is 5.32 Å². The third kappa shape index (κ3) is 8.53. The first-order valence-corrected chi connectivity index (χ1v) is 8.59. The monoisotopic (exact) mass is 436 g/mol. The highest BCUT2D eigenvalue weighted by Gasteiger charge is 2.06. The van der Waals surface area contributed by atoms with E-state index in [4.69, 9.17) is 4.99 Å². The van der Waals surface area contributed by atoms with Crippen molar-refractivity contribution in [2.24, 2.45) is 4.99 Å². The fourth-order valence-corrected chi connectivity index (χ4v) is 2.18. The summed E-state index contributed by atoms with van der Waals surface area (Å²) in [4.78, 5) is 6.95. The van der Waals surface area contributed by atoms with E-state index < -0.39 is 0 Å². The zero-order valence-corrected chi connectivity index (χ0v) is 17.4. The normalized spacial score (nSPS) is 11.2. The third-order valence-corrected chi connectivity index (χ3v) is 3.63. The molecule has 1 aromatic heterocycles. The molecule has 0 saturated heterocycles. The van der Waals surface area contributed by atoms with Crippen LogP contribution in [0.4, 0.5) is 0 Å². The average Bonchev–Trinajstić information content (AvgIpc) is 2.98. The zero-order chi connectivity index (χ0) is 16.2. The molecule has 0 spiro atoms. The number of guanidine groups is 1. The number of nitrogens with one attached hydrogen (secondary N) is 1. The van der Waals surface area contributed by atoms with Crippen molar-refractivity contribution in [2.45, 2.75) is 59.4 Å². The van der Waals surface area contributed by atoms with Crippen LogP contribution in [0.25, 0.3) is 0 Å². The number of hydrogen-bond donors (Lipinski definition) is 1. The van der Waals surface area contributed by atoms with Gasteiger partial charge in [0, 0.05) is 39.6 Å². The fraction of sp³-hybridized carbons (Fsp3) is 0.812. The van der Waals surface area contributed by atoms with Gasteiger partial charge in [0.25, 0.3) is 0 Å². The van der Waals surface area contributed by atoms with Crippen LogP contribution in [0.15, 0.2) is 11.3 Å².